The number of carbonyl (C=O) groups excluding carboxylic acids is 1. The molecule has 1 aliphatic rings. The number of esters is 1. The molecule has 1 N–H and O–H groups in total. The van der Waals surface area contributed by atoms with Gasteiger partial charge in [-0.3, -0.25) is 9.36 Å². The number of nitrogens with zero attached hydrogens (tertiary/aromatic N) is 2. The summed E-state index contributed by atoms with van der Waals surface area (Å²) in [6.07, 6.45) is 3.30. The van der Waals surface area contributed by atoms with E-state index in [-0.39, 0.29) is 30.1 Å². The zero-order valence-electron chi connectivity index (χ0n) is 24.2. The summed E-state index contributed by atoms with van der Waals surface area (Å²) < 4.78 is 29.5. The molecule has 11 nitrogen and oxygen atoms in total. The second-order valence-corrected chi connectivity index (χ2v) is 10.1. The minimum atomic E-state index is -1.12. The van der Waals surface area contributed by atoms with E-state index in [0.717, 1.165) is 0 Å². The molecule has 1 aliphatic heterocycles. The third-order valence-corrected chi connectivity index (χ3v) is 7.28. The molecule has 2 aromatic carbocycles. The molecule has 0 spiro atoms. The number of carboxylic acids is 1. The van der Waals surface area contributed by atoms with Gasteiger partial charge in [0.2, 0.25) is 0 Å². The quantitative estimate of drug-likeness (QED) is 0.229. The van der Waals surface area contributed by atoms with E-state index >= 15 is 0 Å². The van der Waals surface area contributed by atoms with Crippen LogP contribution in [0, 0.1) is 0 Å². The first-order valence-electron chi connectivity index (χ1n) is 13.4. The zero-order valence-corrected chi connectivity index (χ0v) is 25.1. The highest BCUT2D eigenvalue weighted by Crippen LogP contribution is 2.36. The molecule has 0 fully saturated rings. The highest BCUT2D eigenvalue weighted by atomic mass is 32.1. The van der Waals surface area contributed by atoms with Crippen molar-refractivity contribution < 1.29 is 38.4 Å². The molecule has 0 aliphatic carbocycles. The van der Waals surface area contributed by atoms with E-state index in [9.17, 15) is 14.4 Å². The van der Waals surface area contributed by atoms with Crippen LogP contribution in [0.3, 0.4) is 0 Å². The topological polar surface area (TPSA) is 135 Å². The van der Waals surface area contributed by atoms with E-state index in [4.69, 9.17) is 28.8 Å². The highest BCUT2D eigenvalue weighted by Gasteiger charge is 2.34. The molecule has 3 aromatic rings. The normalized spacial score (nSPS) is 14.4. The zero-order chi connectivity index (χ0) is 31.1. The van der Waals surface area contributed by atoms with Crippen LogP contribution in [0.5, 0.6) is 23.0 Å². The molecule has 1 atom stereocenters. The number of hydrogen-bond donors (Lipinski definition) is 1. The summed E-state index contributed by atoms with van der Waals surface area (Å²) in [4.78, 5) is 43.1. The molecule has 4 rings (SSSR count). The molecule has 0 saturated heterocycles. The lowest BCUT2D eigenvalue weighted by molar-refractivity contribution is -0.140. The second-order valence-electron chi connectivity index (χ2n) is 9.13. The Bertz CT molecular complexity index is 1750. The average molecular weight is 609 g/mol. The van der Waals surface area contributed by atoms with Crippen molar-refractivity contribution in [1.82, 2.24) is 4.57 Å². The van der Waals surface area contributed by atoms with Crippen molar-refractivity contribution in [2.45, 2.75) is 26.8 Å². The molecule has 1 aromatic heterocycles. The highest BCUT2D eigenvalue weighted by molar-refractivity contribution is 7.07. The lowest BCUT2D eigenvalue weighted by Crippen LogP contribution is -2.40. The molecule has 0 radical (unpaired) electrons. The Kier molecular flexibility index (Phi) is 10.0. The third-order valence-electron chi connectivity index (χ3n) is 6.29. The van der Waals surface area contributed by atoms with E-state index in [1.807, 2.05) is 6.92 Å². The Hall–Kier alpha value is -4.84. The number of aromatic nitrogens is 1. The minimum Gasteiger partial charge on any atom is -0.493 e. The van der Waals surface area contributed by atoms with E-state index in [1.165, 1.54) is 23.0 Å². The summed E-state index contributed by atoms with van der Waals surface area (Å²) in [5.74, 6) is -0.173. The maximum Gasteiger partial charge on any atom is 0.341 e. The Morgan fingerprint density at radius 1 is 1.05 bits per heavy atom. The number of fused-ring (bicyclic) bond motifs is 1. The van der Waals surface area contributed by atoms with E-state index < -0.39 is 24.6 Å². The summed E-state index contributed by atoms with van der Waals surface area (Å²) in [6, 6.07) is 9.31. The van der Waals surface area contributed by atoms with Crippen molar-refractivity contribution in [2.24, 2.45) is 4.99 Å². The number of thiazole rings is 1. The Morgan fingerprint density at radius 3 is 2.47 bits per heavy atom. The second kappa shape index (κ2) is 13.9. The van der Waals surface area contributed by atoms with Gasteiger partial charge in [-0.15, -0.1) is 0 Å². The first-order valence-corrected chi connectivity index (χ1v) is 14.3. The number of benzene rings is 2. The van der Waals surface area contributed by atoms with Gasteiger partial charge in [0.15, 0.2) is 34.4 Å². The average Bonchev–Trinajstić information content (AvgIpc) is 3.28. The molecular weight excluding hydrogens is 576 g/mol. The predicted molar refractivity (Wildman–Crippen MR) is 160 cm³/mol. The van der Waals surface area contributed by atoms with Crippen LogP contribution in [0.15, 0.2) is 70.1 Å². The van der Waals surface area contributed by atoms with Crippen molar-refractivity contribution in [2.75, 3.05) is 33.5 Å². The van der Waals surface area contributed by atoms with Crippen LogP contribution in [-0.2, 0) is 14.3 Å². The first-order chi connectivity index (χ1) is 20.7. The number of allylic oxidation sites excluding steroid dienone is 1. The maximum atomic E-state index is 14.0. The SMILES string of the molecule is C=CCOc1ccc([C@@H]2C(C(=O)OCC)=C(C)N=c3sc(=Cc4ccc(OCC(=O)O)c(OC)c4)c(=O)n32)cc1OCC. The monoisotopic (exact) mass is 608 g/mol. The van der Waals surface area contributed by atoms with Crippen molar-refractivity contribution in [1.29, 1.82) is 0 Å². The van der Waals surface area contributed by atoms with E-state index in [1.54, 1.807) is 62.4 Å². The van der Waals surface area contributed by atoms with E-state index in [2.05, 4.69) is 11.6 Å². The van der Waals surface area contributed by atoms with Gasteiger partial charge in [0.05, 0.1) is 42.2 Å². The van der Waals surface area contributed by atoms with Crippen LogP contribution >= 0.6 is 11.3 Å². The van der Waals surface area contributed by atoms with Crippen LogP contribution in [0.4, 0.5) is 0 Å². The fourth-order valence-electron chi connectivity index (χ4n) is 4.52. The fraction of sp³-hybridized carbons (Fsp3) is 0.290. The Balaban J connectivity index is 1.87. The van der Waals surface area contributed by atoms with Crippen molar-refractivity contribution in [3.8, 4) is 23.0 Å². The van der Waals surface area contributed by atoms with Gasteiger partial charge in [-0.05, 0) is 62.2 Å². The summed E-state index contributed by atoms with van der Waals surface area (Å²) in [6.45, 7) is 9.23. The lowest BCUT2D eigenvalue weighted by Gasteiger charge is -2.25. The van der Waals surface area contributed by atoms with Crippen LogP contribution in [0.1, 0.15) is 37.9 Å². The van der Waals surface area contributed by atoms with Gasteiger partial charge < -0.3 is 28.8 Å². The minimum absolute atomic E-state index is 0.152. The summed E-state index contributed by atoms with van der Waals surface area (Å²) in [7, 11) is 1.44. The lowest BCUT2D eigenvalue weighted by atomic mass is 9.95. The van der Waals surface area contributed by atoms with Crippen molar-refractivity contribution in [3.63, 3.8) is 0 Å². The standard InChI is InChI=1S/C31H32N2O9S/c1-6-13-41-22-12-10-20(16-24(22)39-7-2)28-27(30(37)40-8-3)18(4)32-31-33(28)29(36)25(43-31)15-19-9-11-21(23(14-19)38-5)42-17-26(34)35/h6,9-12,14-16,28H,1,7-8,13,17H2,2-5H3,(H,34,35)/t28-/m1/s1. The van der Waals surface area contributed by atoms with Crippen LogP contribution in [-0.4, -0.2) is 55.1 Å². The van der Waals surface area contributed by atoms with Gasteiger partial charge >= 0.3 is 11.9 Å². The number of rotatable bonds is 13. The smallest absolute Gasteiger partial charge is 0.341 e. The number of ether oxygens (including phenoxy) is 5. The molecule has 43 heavy (non-hydrogen) atoms. The fourth-order valence-corrected chi connectivity index (χ4v) is 5.57. The van der Waals surface area contributed by atoms with Crippen molar-refractivity contribution in [3.05, 3.63) is 91.1 Å². The molecule has 0 amide bonds. The molecule has 2 heterocycles. The molecule has 12 heteroatoms. The number of methoxy groups -OCH3 is 1. The summed E-state index contributed by atoms with van der Waals surface area (Å²) in [5, 5.41) is 8.93. The predicted octanol–water partition coefficient (Wildman–Crippen LogP) is 3.23. The molecule has 226 valence electrons. The molecule has 0 bridgehead atoms. The summed E-state index contributed by atoms with van der Waals surface area (Å²) >= 11 is 1.17. The maximum absolute atomic E-state index is 14.0. The van der Waals surface area contributed by atoms with Gasteiger partial charge in [-0.2, -0.15) is 0 Å². The Morgan fingerprint density at radius 2 is 1.79 bits per heavy atom. The number of hydrogen-bond acceptors (Lipinski definition) is 10. The van der Waals surface area contributed by atoms with Gasteiger partial charge in [0.25, 0.3) is 5.56 Å². The van der Waals surface area contributed by atoms with Gasteiger partial charge in [-0.25, -0.2) is 14.6 Å². The van der Waals surface area contributed by atoms with Crippen LogP contribution in [0.25, 0.3) is 6.08 Å². The van der Waals surface area contributed by atoms with Gasteiger partial charge in [0, 0.05) is 0 Å². The first kappa shape index (κ1) is 31.1. The Labute approximate surface area is 251 Å². The summed E-state index contributed by atoms with van der Waals surface area (Å²) in [5.41, 5.74) is 1.54. The molecule has 0 saturated carbocycles. The number of aliphatic carboxylic acids is 1. The van der Waals surface area contributed by atoms with Crippen LogP contribution in [0.2, 0.25) is 0 Å². The van der Waals surface area contributed by atoms with E-state index in [0.29, 0.717) is 50.0 Å². The van der Waals surface area contributed by atoms with Crippen molar-refractivity contribution >= 4 is 29.4 Å². The van der Waals surface area contributed by atoms with Crippen LogP contribution < -0.4 is 33.8 Å². The third kappa shape index (κ3) is 6.81. The largest absolute Gasteiger partial charge is 0.493 e. The number of carboxylic acid groups (broad SMARTS) is 1. The van der Waals surface area contributed by atoms with Gasteiger partial charge in [-0.1, -0.05) is 36.1 Å². The molecule has 0 unspecified atom stereocenters. The molecular formula is C31H32N2O9S. The number of carbonyl (C=O) groups is 2. The van der Waals surface area contributed by atoms with Gasteiger partial charge in [0.1, 0.15) is 6.61 Å².